The number of halogens is 1. The first kappa shape index (κ1) is 21.6. The maximum Gasteiger partial charge on any atom is 0.305 e. The molecule has 3 aromatic carbocycles. The van der Waals surface area contributed by atoms with Crippen LogP contribution in [0.1, 0.15) is 11.1 Å². The second-order valence-corrected chi connectivity index (χ2v) is 7.63. The molecule has 30 heavy (non-hydrogen) atoms. The Hall–Kier alpha value is -3.10. The molecule has 0 atom stereocenters. The number of rotatable bonds is 9. The second kappa shape index (κ2) is 10.1. The van der Waals surface area contributed by atoms with Crippen LogP contribution in [0.15, 0.2) is 71.6 Å². The van der Waals surface area contributed by atoms with Gasteiger partial charge in [-0.15, -0.1) is 0 Å². The molecule has 0 aliphatic rings. The monoisotopic (exact) mass is 428 g/mol. The molecule has 0 aromatic heterocycles. The highest BCUT2D eigenvalue weighted by Crippen LogP contribution is 2.31. The van der Waals surface area contributed by atoms with E-state index in [9.17, 15) is 14.5 Å². The zero-order chi connectivity index (χ0) is 21.5. The molecule has 8 heteroatoms. The molecule has 156 valence electrons. The summed E-state index contributed by atoms with van der Waals surface area (Å²) < 4.78 is 26.2. The summed E-state index contributed by atoms with van der Waals surface area (Å²) in [6.07, 6.45) is 0. The molecular weight excluding hydrogens is 407 g/mol. The Morgan fingerprint density at radius 3 is 1.83 bits per heavy atom. The van der Waals surface area contributed by atoms with Gasteiger partial charge in [0.2, 0.25) is 5.82 Å². The summed E-state index contributed by atoms with van der Waals surface area (Å²) in [7, 11) is 3.23. The highest BCUT2D eigenvalue weighted by molar-refractivity contribution is 7.97. The van der Waals surface area contributed by atoms with Crippen molar-refractivity contribution in [3.05, 3.63) is 93.8 Å². The van der Waals surface area contributed by atoms with Gasteiger partial charge in [-0.05, 0) is 59.5 Å². The maximum absolute atomic E-state index is 13.7. The van der Waals surface area contributed by atoms with Gasteiger partial charge < -0.3 is 9.47 Å². The van der Waals surface area contributed by atoms with E-state index >= 15 is 0 Å². The first-order valence-electron chi connectivity index (χ1n) is 9.11. The van der Waals surface area contributed by atoms with Crippen LogP contribution in [0.2, 0.25) is 0 Å². The number of nitrogens with zero attached hydrogens (tertiary/aromatic N) is 2. The van der Waals surface area contributed by atoms with E-state index in [-0.39, 0.29) is 0 Å². The van der Waals surface area contributed by atoms with Gasteiger partial charge in [0.05, 0.1) is 19.1 Å². The van der Waals surface area contributed by atoms with Crippen LogP contribution in [0.5, 0.6) is 11.5 Å². The molecule has 0 N–H and O–H groups in total. The van der Waals surface area contributed by atoms with Crippen molar-refractivity contribution in [2.24, 2.45) is 0 Å². The van der Waals surface area contributed by atoms with Crippen LogP contribution in [0.25, 0.3) is 0 Å². The molecule has 0 aliphatic carbocycles. The zero-order valence-electron chi connectivity index (χ0n) is 16.6. The van der Waals surface area contributed by atoms with Gasteiger partial charge in [-0.3, -0.25) is 10.1 Å². The topological polar surface area (TPSA) is 64.8 Å². The second-order valence-electron chi connectivity index (χ2n) is 6.46. The number of nitro groups is 1. The van der Waals surface area contributed by atoms with Gasteiger partial charge in [-0.25, -0.2) is 4.31 Å². The average Bonchev–Trinajstić information content (AvgIpc) is 2.76. The Labute approximate surface area is 178 Å². The minimum atomic E-state index is -0.846. The van der Waals surface area contributed by atoms with Crippen molar-refractivity contribution in [3.8, 4) is 11.5 Å². The van der Waals surface area contributed by atoms with Crippen LogP contribution >= 0.6 is 11.9 Å². The summed E-state index contributed by atoms with van der Waals surface area (Å²) in [5, 5.41) is 11.1. The third-order valence-corrected chi connectivity index (χ3v) is 5.37. The third kappa shape index (κ3) is 5.71. The lowest BCUT2D eigenvalue weighted by Gasteiger charge is -2.22. The molecule has 0 bridgehead atoms. The number of methoxy groups -OCH3 is 2. The highest BCUT2D eigenvalue weighted by atomic mass is 32.2. The predicted octanol–water partition coefficient (Wildman–Crippen LogP) is 5.46. The standard InChI is InChI=1S/C22H21FN2O4S/c1-28-18-7-3-16(4-8-18)14-24(15-17-5-9-19(29-2)10-6-17)30-20-11-12-21(23)22(13-20)25(26)27/h3-13H,14-15H2,1-2H3. The normalized spacial score (nSPS) is 10.8. The van der Waals surface area contributed by atoms with Crippen molar-refractivity contribution in [1.82, 2.24) is 4.31 Å². The van der Waals surface area contributed by atoms with Crippen molar-refractivity contribution in [2.45, 2.75) is 18.0 Å². The summed E-state index contributed by atoms with van der Waals surface area (Å²) in [6.45, 7) is 1.15. The van der Waals surface area contributed by atoms with Crippen molar-refractivity contribution in [3.63, 3.8) is 0 Å². The molecule has 0 fully saturated rings. The summed E-state index contributed by atoms with van der Waals surface area (Å²) in [4.78, 5) is 11.0. The van der Waals surface area contributed by atoms with Gasteiger partial charge >= 0.3 is 5.69 Å². The van der Waals surface area contributed by atoms with E-state index in [1.165, 1.54) is 18.0 Å². The molecule has 0 radical (unpaired) electrons. The first-order valence-corrected chi connectivity index (χ1v) is 9.88. The Morgan fingerprint density at radius 2 is 1.40 bits per heavy atom. The van der Waals surface area contributed by atoms with E-state index in [1.807, 2.05) is 48.5 Å². The number of ether oxygens (including phenoxy) is 2. The Kier molecular flexibility index (Phi) is 7.26. The fourth-order valence-corrected chi connectivity index (χ4v) is 3.85. The third-order valence-electron chi connectivity index (χ3n) is 4.38. The van der Waals surface area contributed by atoms with E-state index in [0.29, 0.717) is 18.0 Å². The molecule has 0 saturated heterocycles. The molecule has 0 spiro atoms. The molecule has 0 aliphatic heterocycles. The van der Waals surface area contributed by atoms with Gasteiger partial charge in [-0.1, -0.05) is 24.3 Å². The van der Waals surface area contributed by atoms with Crippen molar-refractivity contribution >= 4 is 17.6 Å². The van der Waals surface area contributed by atoms with Gasteiger partial charge in [0.1, 0.15) is 11.5 Å². The summed E-state index contributed by atoms with van der Waals surface area (Å²) >= 11 is 1.34. The highest BCUT2D eigenvalue weighted by Gasteiger charge is 2.17. The van der Waals surface area contributed by atoms with Gasteiger partial charge in [0, 0.05) is 24.1 Å². The Balaban J connectivity index is 1.83. The fourth-order valence-electron chi connectivity index (χ4n) is 2.83. The minimum Gasteiger partial charge on any atom is -0.497 e. The SMILES string of the molecule is COc1ccc(CN(Cc2ccc(OC)cc2)Sc2ccc(F)c([N+](=O)[O-])c2)cc1. The predicted molar refractivity (Wildman–Crippen MR) is 114 cm³/mol. The lowest BCUT2D eigenvalue weighted by Crippen LogP contribution is -2.15. The van der Waals surface area contributed by atoms with Gasteiger partial charge in [0.25, 0.3) is 0 Å². The van der Waals surface area contributed by atoms with Crippen LogP contribution in [-0.4, -0.2) is 23.4 Å². The first-order chi connectivity index (χ1) is 14.5. The fraction of sp³-hybridized carbons (Fsp3) is 0.182. The van der Waals surface area contributed by atoms with Crippen molar-refractivity contribution < 1.29 is 18.8 Å². The van der Waals surface area contributed by atoms with E-state index in [1.54, 1.807) is 20.3 Å². The van der Waals surface area contributed by atoms with E-state index in [0.717, 1.165) is 28.7 Å². The Bertz CT molecular complexity index is 948. The largest absolute Gasteiger partial charge is 0.497 e. The van der Waals surface area contributed by atoms with Crippen LogP contribution < -0.4 is 9.47 Å². The molecule has 0 heterocycles. The molecule has 0 amide bonds. The van der Waals surface area contributed by atoms with Gasteiger partial charge in [0.15, 0.2) is 0 Å². The summed E-state index contributed by atoms with van der Waals surface area (Å²) in [5.74, 6) is 0.686. The average molecular weight is 428 g/mol. The van der Waals surface area contributed by atoms with Gasteiger partial charge in [-0.2, -0.15) is 4.39 Å². The van der Waals surface area contributed by atoms with E-state index in [4.69, 9.17) is 9.47 Å². The molecular formula is C22H21FN2O4S. The minimum absolute atomic E-state index is 0.533. The smallest absolute Gasteiger partial charge is 0.305 e. The quantitative estimate of drug-likeness (QED) is 0.256. The maximum atomic E-state index is 13.7. The zero-order valence-corrected chi connectivity index (χ0v) is 17.4. The summed E-state index contributed by atoms with van der Waals surface area (Å²) in [5.41, 5.74) is 1.57. The van der Waals surface area contributed by atoms with Crippen molar-refractivity contribution in [1.29, 1.82) is 0 Å². The number of benzene rings is 3. The Morgan fingerprint density at radius 1 is 0.900 bits per heavy atom. The number of nitro benzene ring substituents is 1. The molecule has 0 saturated carbocycles. The van der Waals surface area contributed by atoms with Crippen LogP contribution in [-0.2, 0) is 13.1 Å². The van der Waals surface area contributed by atoms with Crippen LogP contribution in [0.4, 0.5) is 10.1 Å². The van der Waals surface area contributed by atoms with E-state index in [2.05, 4.69) is 4.31 Å². The number of hydrogen-bond donors (Lipinski definition) is 0. The molecule has 0 unspecified atom stereocenters. The molecule has 6 nitrogen and oxygen atoms in total. The lowest BCUT2D eigenvalue weighted by molar-refractivity contribution is -0.387. The molecule has 3 aromatic rings. The number of hydrogen-bond acceptors (Lipinski definition) is 6. The van der Waals surface area contributed by atoms with Crippen LogP contribution in [0.3, 0.4) is 0 Å². The van der Waals surface area contributed by atoms with E-state index < -0.39 is 16.4 Å². The van der Waals surface area contributed by atoms with Crippen LogP contribution in [0, 0.1) is 15.9 Å². The summed E-state index contributed by atoms with van der Waals surface area (Å²) in [6, 6.07) is 19.3. The lowest BCUT2D eigenvalue weighted by atomic mass is 10.2. The van der Waals surface area contributed by atoms with Crippen molar-refractivity contribution in [2.75, 3.05) is 14.2 Å². The molecule has 3 rings (SSSR count).